The number of aryl methyl sites for hydroxylation is 1. The van der Waals surface area contributed by atoms with Crippen LogP contribution in [0.2, 0.25) is 0 Å². The molecule has 35 heavy (non-hydrogen) atoms. The van der Waals surface area contributed by atoms with Crippen molar-refractivity contribution in [2.24, 2.45) is 5.92 Å². The van der Waals surface area contributed by atoms with Gasteiger partial charge in [0.2, 0.25) is 5.91 Å². The number of carbonyl (C=O) groups is 2. The van der Waals surface area contributed by atoms with Gasteiger partial charge >= 0.3 is 0 Å². The highest BCUT2D eigenvalue weighted by molar-refractivity contribution is 5.95. The number of carbonyl (C=O) groups excluding carboxylic acids is 2. The molecule has 2 aromatic carbocycles. The number of aromatic nitrogens is 1. The molecule has 5 rings (SSSR count). The van der Waals surface area contributed by atoms with Gasteiger partial charge < -0.3 is 9.80 Å². The van der Waals surface area contributed by atoms with Gasteiger partial charge in [-0.2, -0.15) is 0 Å². The second-order valence-corrected chi connectivity index (χ2v) is 9.52. The monoisotopic (exact) mass is 471 g/mol. The molecule has 0 N–H and O–H groups in total. The summed E-state index contributed by atoms with van der Waals surface area (Å²) in [4.78, 5) is 34.4. The third kappa shape index (κ3) is 5.11. The molecule has 2 amide bonds. The third-order valence-electron chi connectivity index (χ3n) is 7.35. The molecule has 0 bridgehead atoms. The van der Waals surface area contributed by atoms with Gasteiger partial charge in [0.05, 0.1) is 0 Å². The van der Waals surface area contributed by atoms with Crippen molar-refractivity contribution in [3.63, 3.8) is 0 Å². The standard InChI is InChI=1S/C29H30FN3O2/c30-26-8-2-1-7-25(26)22-10-12-23(13-11-22)29(35)33-17-4-6-24-20-32(18-15-27(24)33)28(34)14-9-21-5-3-16-31-19-21/h1-3,5,7-8,10-13,16,19,24,27H,4,6,9,14-15,17-18,20H2/t24-,27+/m1/s1. The largest absolute Gasteiger partial charge is 0.342 e. The van der Waals surface area contributed by atoms with Gasteiger partial charge in [-0.15, -0.1) is 0 Å². The van der Waals surface area contributed by atoms with E-state index < -0.39 is 0 Å². The molecule has 3 aromatic rings. The lowest BCUT2D eigenvalue weighted by Crippen LogP contribution is -2.56. The summed E-state index contributed by atoms with van der Waals surface area (Å²) in [5.41, 5.74) is 2.99. The smallest absolute Gasteiger partial charge is 0.254 e. The van der Waals surface area contributed by atoms with Crippen LogP contribution in [0.15, 0.2) is 73.1 Å². The maximum atomic E-state index is 14.1. The van der Waals surface area contributed by atoms with Gasteiger partial charge in [0.15, 0.2) is 0 Å². The van der Waals surface area contributed by atoms with Crippen LogP contribution in [-0.4, -0.2) is 52.3 Å². The van der Waals surface area contributed by atoms with Crippen LogP contribution in [0.1, 0.15) is 41.6 Å². The molecule has 0 radical (unpaired) electrons. The summed E-state index contributed by atoms with van der Waals surface area (Å²) >= 11 is 0. The zero-order chi connectivity index (χ0) is 24.2. The van der Waals surface area contributed by atoms with Crippen LogP contribution in [0.5, 0.6) is 0 Å². The first-order valence-corrected chi connectivity index (χ1v) is 12.4. The van der Waals surface area contributed by atoms with E-state index in [4.69, 9.17) is 0 Å². The van der Waals surface area contributed by atoms with Crippen molar-refractivity contribution in [1.82, 2.24) is 14.8 Å². The lowest BCUT2D eigenvalue weighted by molar-refractivity contribution is -0.134. The minimum atomic E-state index is -0.271. The van der Waals surface area contributed by atoms with Gasteiger partial charge in [-0.05, 0) is 67.0 Å². The fourth-order valence-corrected chi connectivity index (χ4v) is 5.49. The number of hydrogen-bond acceptors (Lipinski definition) is 3. The average molecular weight is 472 g/mol. The molecule has 180 valence electrons. The molecule has 5 nitrogen and oxygen atoms in total. The molecular weight excluding hydrogens is 441 g/mol. The number of nitrogens with zero attached hydrogens (tertiary/aromatic N) is 3. The number of amides is 2. The van der Waals surface area contributed by atoms with Crippen molar-refractivity contribution < 1.29 is 14.0 Å². The van der Waals surface area contributed by atoms with Crippen molar-refractivity contribution in [2.75, 3.05) is 19.6 Å². The molecule has 0 saturated carbocycles. The highest BCUT2D eigenvalue weighted by Gasteiger charge is 2.39. The van der Waals surface area contributed by atoms with Crippen LogP contribution in [-0.2, 0) is 11.2 Å². The molecule has 2 fully saturated rings. The highest BCUT2D eigenvalue weighted by Crippen LogP contribution is 2.32. The van der Waals surface area contributed by atoms with Crippen LogP contribution in [0.4, 0.5) is 4.39 Å². The van der Waals surface area contributed by atoms with E-state index in [1.807, 2.05) is 40.3 Å². The number of piperidine rings is 2. The van der Waals surface area contributed by atoms with E-state index in [2.05, 4.69) is 4.98 Å². The molecule has 0 aliphatic carbocycles. The van der Waals surface area contributed by atoms with E-state index in [9.17, 15) is 14.0 Å². The molecule has 1 aromatic heterocycles. The zero-order valence-corrected chi connectivity index (χ0v) is 19.8. The number of fused-ring (bicyclic) bond motifs is 1. The first-order chi connectivity index (χ1) is 17.1. The second-order valence-electron chi connectivity index (χ2n) is 9.52. The van der Waals surface area contributed by atoms with Gasteiger partial charge in [0, 0.05) is 55.6 Å². The maximum absolute atomic E-state index is 14.1. The molecule has 0 unspecified atom stereocenters. The van der Waals surface area contributed by atoms with Gasteiger partial charge in [-0.3, -0.25) is 14.6 Å². The van der Waals surface area contributed by atoms with E-state index in [1.54, 1.807) is 36.5 Å². The average Bonchev–Trinajstić information content (AvgIpc) is 2.91. The van der Waals surface area contributed by atoms with Gasteiger partial charge in [0.25, 0.3) is 5.91 Å². The SMILES string of the molecule is O=C(CCc1cccnc1)N1CC[C@H]2[C@H](CCCN2C(=O)c2ccc(-c3ccccc3F)cc2)C1. The lowest BCUT2D eigenvalue weighted by Gasteiger charge is -2.47. The van der Waals surface area contributed by atoms with E-state index in [-0.39, 0.29) is 23.7 Å². The molecule has 3 heterocycles. The fraction of sp³-hybridized carbons (Fsp3) is 0.345. The number of hydrogen-bond donors (Lipinski definition) is 0. The normalized spacial score (nSPS) is 19.8. The summed E-state index contributed by atoms with van der Waals surface area (Å²) in [6, 6.07) is 17.9. The Morgan fingerprint density at radius 2 is 1.80 bits per heavy atom. The molecule has 2 saturated heterocycles. The van der Waals surface area contributed by atoms with E-state index in [1.165, 1.54) is 6.07 Å². The number of benzene rings is 2. The number of pyridine rings is 1. The predicted molar refractivity (Wildman–Crippen MR) is 133 cm³/mol. The lowest BCUT2D eigenvalue weighted by atomic mass is 9.83. The minimum absolute atomic E-state index is 0.0242. The van der Waals surface area contributed by atoms with Crippen LogP contribution in [0, 0.1) is 11.7 Å². The molecule has 2 atom stereocenters. The summed E-state index contributed by atoms with van der Waals surface area (Å²) in [5.74, 6) is 0.240. The number of likely N-dealkylation sites (tertiary alicyclic amines) is 2. The van der Waals surface area contributed by atoms with E-state index >= 15 is 0 Å². The summed E-state index contributed by atoms with van der Waals surface area (Å²) in [6.45, 7) is 2.14. The Morgan fingerprint density at radius 1 is 0.971 bits per heavy atom. The Balaban J connectivity index is 1.22. The number of rotatable bonds is 5. The van der Waals surface area contributed by atoms with E-state index in [0.717, 1.165) is 36.9 Å². The summed E-state index contributed by atoms with van der Waals surface area (Å²) in [7, 11) is 0. The molecule has 2 aliphatic heterocycles. The Hall–Kier alpha value is -3.54. The van der Waals surface area contributed by atoms with Gasteiger partial charge in [-0.25, -0.2) is 4.39 Å². The Bertz CT molecular complexity index is 1180. The third-order valence-corrected chi connectivity index (χ3v) is 7.35. The van der Waals surface area contributed by atoms with Crippen molar-refractivity contribution in [3.05, 3.63) is 90.0 Å². The van der Waals surface area contributed by atoms with Crippen molar-refractivity contribution in [3.8, 4) is 11.1 Å². The fourth-order valence-electron chi connectivity index (χ4n) is 5.49. The van der Waals surface area contributed by atoms with Crippen LogP contribution < -0.4 is 0 Å². The topological polar surface area (TPSA) is 53.5 Å². The highest BCUT2D eigenvalue weighted by atomic mass is 19.1. The van der Waals surface area contributed by atoms with Gasteiger partial charge in [0.1, 0.15) is 5.82 Å². The predicted octanol–water partition coefficient (Wildman–Crippen LogP) is 4.97. The van der Waals surface area contributed by atoms with Crippen molar-refractivity contribution in [1.29, 1.82) is 0 Å². The Kier molecular flexibility index (Phi) is 6.89. The first kappa shape index (κ1) is 23.2. The van der Waals surface area contributed by atoms with Crippen molar-refractivity contribution in [2.45, 2.75) is 38.1 Å². The molecule has 2 aliphatic rings. The van der Waals surface area contributed by atoms with Crippen molar-refractivity contribution >= 4 is 11.8 Å². The van der Waals surface area contributed by atoms with Crippen LogP contribution in [0.25, 0.3) is 11.1 Å². The van der Waals surface area contributed by atoms with Crippen LogP contribution in [0.3, 0.4) is 0 Å². The summed E-state index contributed by atoms with van der Waals surface area (Å²) in [6.07, 6.45) is 7.52. The minimum Gasteiger partial charge on any atom is -0.342 e. The summed E-state index contributed by atoms with van der Waals surface area (Å²) in [5, 5.41) is 0. The Morgan fingerprint density at radius 3 is 2.57 bits per heavy atom. The molecular formula is C29H30FN3O2. The molecule has 0 spiro atoms. The second kappa shape index (κ2) is 10.4. The summed E-state index contributed by atoms with van der Waals surface area (Å²) < 4.78 is 14.1. The zero-order valence-electron chi connectivity index (χ0n) is 19.8. The maximum Gasteiger partial charge on any atom is 0.254 e. The van der Waals surface area contributed by atoms with Gasteiger partial charge in [-0.1, -0.05) is 36.4 Å². The Labute approximate surface area is 205 Å². The first-order valence-electron chi connectivity index (χ1n) is 12.4. The quantitative estimate of drug-likeness (QED) is 0.528. The van der Waals surface area contributed by atoms with E-state index in [0.29, 0.717) is 43.0 Å². The molecule has 6 heteroatoms. The number of halogens is 1. The van der Waals surface area contributed by atoms with Crippen LogP contribution >= 0.6 is 0 Å².